The molecule has 2 unspecified atom stereocenters. The molecule has 0 amide bonds. The number of rotatable bonds is 5. The first-order chi connectivity index (χ1) is 9.87. The maximum atomic E-state index is 10.3. The summed E-state index contributed by atoms with van der Waals surface area (Å²) < 4.78 is 1.74. The van der Waals surface area contributed by atoms with Crippen molar-refractivity contribution in [3.63, 3.8) is 0 Å². The van der Waals surface area contributed by atoms with Crippen molar-refractivity contribution in [3.05, 3.63) is 18.0 Å². The average Bonchev–Trinajstić information content (AvgIpc) is 3.07. The molecule has 0 aliphatic heterocycles. The van der Waals surface area contributed by atoms with Crippen molar-refractivity contribution >= 4 is 0 Å². The predicted octanol–water partition coefficient (Wildman–Crippen LogP) is 2.65. The molecule has 1 heterocycles. The number of aliphatic hydroxyl groups excluding tert-OH is 1. The van der Waals surface area contributed by atoms with Crippen molar-refractivity contribution in [1.82, 2.24) is 15.1 Å². The lowest BCUT2D eigenvalue weighted by Crippen LogP contribution is -2.48. The molecular weight excluding hydrogens is 262 g/mol. The Labute approximate surface area is 127 Å². The first-order valence-electron chi connectivity index (χ1n) is 8.27. The first-order valence-corrected chi connectivity index (χ1v) is 8.27. The molecule has 4 heteroatoms. The molecule has 118 valence electrons. The molecule has 3 rings (SSSR count). The largest absolute Gasteiger partial charge is 0.387 e. The van der Waals surface area contributed by atoms with Crippen molar-refractivity contribution in [2.45, 2.75) is 58.6 Å². The highest BCUT2D eigenvalue weighted by Gasteiger charge is 2.60. The van der Waals surface area contributed by atoms with E-state index in [1.165, 1.54) is 25.7 Å². The number of nitrogens with zero attached hydrogens (tertiary/aromatic N) is 2. The van der Waals surface area contributed by atoms with Crippen LogP contribution in [0.15, 0.2) is 12.4 Å². The second kappa shape index (κ2) is 5.10. The standard InChI is InChI=1S/C17H29N3O/c1-12(17-7-5-14(6-8-17)16(17,2)3)18-10-15(21)13-9-19-20(4)11-13/h9,11-12,14-15,18,21H,5-8,10H2,1-4H3. The first kappa shape index (κ1) is 15.0. The molecule has 2 aliphatic carbocycles. The third kappa shape index (κ3) is 2.23. The smallest absolute Gasteiger partial charge is 0.0944 e. The molecule has 2 saturated carbocycles. The van der Waals surface area contributed by atoms with Gasteiger partial charge in [0.25, 0.3) is 0 Å². The molecule has 2 bridgehead atoms. The van der Waals surface area contributed by atoms with Crippen LogP contribution in [0.4, 0.5) is 0 Å². The van der Waals surface area contributed by atoms with Gasteiger partial charge in [0.2, 0.25) is 0 Å². The number of hydrogen-bond donors (Lipinski definition) is 2. The van der Waals surface area contributed by atoms with Crippen LogP contribution in [-0.4, -0.2) is 27.5 Å². The highest BCUT2D eigenvalue weighted by atomic mass is 16.3. The molecular formula is C17H29N3O. The van der Waals surface area contributed by atoms with Crippen LogP contribution in [-0.2, 0) is 7.05 Å². The summed E-state index contributed by atoms with van der Waals surface area (Å²) in [6, 6.07) is 0.450. The number of nitrogens with one attached hydrogen (secondary N) is 1. The molecule has 1 aromatic rings. The minimum absolute atomic E-state index is 0.409. The van der Waals surface area contributed by atoms with Crippen LogP contribution in [0.5, 0.6) is 0 Å². The number of aryl methyl sites for hydroxylation is 1. The Bertz CT molecular complexity index is 500. The molecule has 2 fully saturated rings. The van der Waals surface area contributed by atoms with Gasteiger partial charge in [0.1, 0.15) is 0 Å². The highest BCUT2D eigenvalue weighted by molar-refractivity contribution is 5.13. The molecule has 0 aromatic carbocycles. The Hall–Kier alpha value is -0.870. The zero-order valence-electron chi connectivity index (χ0n) is 13.8. The van der Waals surface area contributed by atoms with E-state index < -0.39 is 6.10 Å². The highest BCUT2D eigenvalue weighted by Crippen LogP contribution is 2.67. The van der Waals surface area contributed by atoms with E-state index in [0.717, 1.165) is 11.5 Å². The number of fused-ring (bicyclic) bond motifs is 2. The van der Waals surface area contributed by atoms with Gasteiger partial charge >= 0.3 is 0 Å². The molecule has 2 aliphatic rings. The second-order valence-electron chi connectivity index (χ2n) is 7.75. The fourth-order valence-corrected chi connectivity index (χ4v) is 5.11. The minimum atomic E-state index is -0.473. The van der Waals surface area contributed by atoms with Crippen LogP contribution < -0.4 is 5.32 Å². The van der Waals surface area contributed by atoms with Crippen LogP contribution >= 0.6 is 0 Å². The van der Waals surface area contributed by atoms with E-state index in [9.17, 15) is 5.11 Å². The molecule has 0 spiro atoms. The minimum Gasteiger partial charge on any atom is -0.387 e. The molecule has 4 nitrogen and oxygen atoms in total. The van der Waals surface area contributed by atoms with Crippen LogP contribution in [0, 0.1) is 16.7 Å². The third-order valence-electron chi connectivity index (χ3n) is 6.74. The summed E-state index contributed by atoms with van der Waals surface area (Å²) in [6.45, 7) is 7.82. The molecule has 0 radical (unpaired) electrons. The van der Waals surface area contributed by atoms with Gasteiger partial charge in [-0.3, -0.25) is 4.68 Å². The summed E-state index contributed by atoms with van der Waals surface area (Å²) in [5, 5.41) is 18.1. The quantitative estimate of drug-likeness (QED) is 0.877. The maximum Gasteiger partial charge on any atom is 0.0944 e. The molecule has 2 atom stereocenters. The Morgan fingerprint density at radius 2 is 2.10 bits per heavy atom. The summed E-state index contributed by atoms with van der Waals surface area (Å²) in [4.78, 5) is 0. The summed E-state index contributed by atoms with van der Waals surface area (Å²) in [5.41, 5.74) is 1.73. The van der Waals surface area contributed by atoms with Crippen molar-refractivity contribution in [1.29, 1.82) is 0 Å². The average molecular weight is 291 g/mol. The number of aromatic nitrogens is 2. The van der Waals surface area contributed by atoms with Gasteiger partial charge in [-0.1, -0.05) is 13.8 Å². The zero-order chi connectivity index (χ0) is 15.3. The fourth-order valence-electron chi connectivity index (χ4n) is 5.11. The topological polar surface area (TPSA) is 50.1 Å². The van der Waals surface area contributed by atoms with Gasteiger partial charge in [0.05, 0.1) is 12.3 Å². The van der Waals surface area contributed by atoms with Gasteiger partial charge in [-0.2, -0.15) is 5.10 Å². The predicted molar refractivity (Wildman–Crippen MR) is 83.8 cm³/mol. The third-order valence-corrected chi connectivity index (χ3v) is 6.74. The number of aliphatic hydroxyl groups is 1. The fraction of sp³-hybridized carbons (Fsp3) is 0.824. The van der Waals surface area contributed by atoms with E-state index in [-0.39, 0.29) is 0 Å². The van der Waals surface area contributed by atoms with E-state index in [2.05, 4.69) is 31.2 Å². The second-order valence-corrected chi connectivity index (χ2v) is 7.75. The Morgan fingerprint density at radius 1 is 1.43 bits per heavy atom. The molecule has 2 N–H and O–H groups in total. The maximum absolute atomic E-state index is 10.3. The van der Waals surface area contributed by atoms with Crippen molar-refractivity contribution in [3.8, 4) is 0 Å². The summed E-state index contributed by atoms with van der Waals surface area (Å²) in [7, 11) is 1.88. The van der Waals surface area contributed by atoms with Gasteiger partial charge in [0.15, 0.2) is 0 Å². The van der Waals surface area contributed by atoms with Gasteiger partial charge in [0, 0.05) is 31.4 Å². The van der Waals surface area contributed by atoms with Gasteiger partial charge in [-0.25, -0.2) is 0 Å². The molecule has 0 saturated heterocycles. The molecule has 1 aromatic heterocycles. The van der Waals surface area contributed by atoms with E-state index in [0.29, 0.717) is 23.4 Å². The lowest BCUT2D eigenvalue weighted by molar-refractivity contribution is 0.0716. The van der Waals surface area contributed by atoms with E-state index >= 15 is 0 Å². The normalized spacial score (nSPS) is 33.3. The van der Waals surface area contributed by atoms with Crippen LogP contribution in [0.3, 0.4) is 0 Å². The van der Waals surface area contributed by atoms with Gasteiger partial charge in [-0.05, 0) is 49.4 Å². The summed E-state index contributed by atoms with van der Waals surface area (Å²) >= 11 is 0. The van der Waals surface area contributed by atoms with Crippen LogP contribution in [0.1, 0.15) is 58.1 Å². The Kier molecular flexibility index (Phi) is 3.65. The van der Waals surface area contributed by atoms with E-state index in [1.807, 2.05) is 13.2 Å². The van der Waals surface area contributed by atoms with E-state index in [1.54, 1.807) is 10.9 Å². The number of hydrogen-bond acceptors (Lipinski definition) is 3. The lowest BCUT2D eigenvalue weighted by Gasteiger charge is -2.44. The van der Waals surface area contributed by atoms with Crippen molar-refractivity contribution in [2.24, 2.45) is 23.8 Å². The monoisotopic (exact) mass is 291 g/mol. The Morgan fingerprint density at radius 3 is 2.57 bits per heavy atom. The Balaban J connectivity index is 1.63. The van der Waals surface area contributed by atoms with E-state index in [4.69, 9.17) is 0 Å². The van der Waals surface area contributed by atoms with Crippen molar-refractivity contribution in [2.75, 3.05) is 6.54 Å². The lowest BCUT2D eigenvalue weighted by atomic mass is 9.65. The van der Waals surface area contributed by atoms with Crippen LogP contribution in [0.25, 0.3) is 0 Å². The molecule has 21 heavy (non-hydrogen) atoms. The van der Waals surface area contributed by atoms with Crippen molar-refractivity contribution < 1.29 is 5.11 Å². The zero-order valence-corrected chi connectivity index (χ0v) is 13.8. The summed E-state index contributed by atoms with van der Waals surface area (Å²) in [5.74, 6) is 0.894. The van der Waals surface area contributed by atoms with Gasteiger partial charge < -0.3 is 10.4 Å². The van der Waals surface area contributed by atoms with Crippen LogP contribution in [0.2, 0.25) is 0 Å². The summed E-state index contributed by atoms with van der Waals surface area (Å²) in [6.07, 6.45) is 8.60. The van der Waals surface area contributed by atoms with Gasteiger partial charge in [-0.15, -0.1) is 0 Å². The SMILES string of the molecule is CC(NCC(O)c1cnn(C)c1)C12CCC(CC1)C2(C)C.